The number of amides is 1. The van der Waals surface area contributed by atoms with Crippen molar-refractivity contribution in [3.05, 3.63) is 65.3 Å². The lowest BCUT2D eigenvalue weighted by Gasteiger charge is -2.15. The number of benzene rings is 2. The summed E-state index contributed by atoms with van der Waals surface area (Å²) in [4.78, 5) is 33.5. The van der Waals surface area contributed by atoms with E-state index in [1.807, 2.05) is 48.5 Å². The maximum absolute atomic E-state index is 12.3. The summed E-state index contributed by atoms with van der Waals surface area (Å²) in [5.41, 5.74) is 2.10. The number of aromatic amines is 1. The summed E-state index contributed by atoms with van der Waals surface area (Å²) in [7, 11) is 1.67. The van der Waals surface area contributed by atoms with E-state index in [9.17, 15) is 9.59 Å². The molecule has 4 aromatic rings. The highest BCUT2D eigenvalue weighted by atomic mass is 32.1. The largest absolute Gasteiger partial charge is 0.451 e. The van der Waals surface area contributed by atoms with Gasteiger partial charge in [0.15, 0.2) is 6.61 Å². The van der Waals surface area contributed by atoms with Crippen molar-refractivity contribution in [2.75, 3.05) is 13.7 Å². The number of esters is 1. The van der Waals surface area contributed by atoms with Crippen LogP contribution in [0.1, 0.15) is 15.5 Å². The Morgan fingerprint density at radius 1 is 1.15 bits per heavy atom. The monoisotopic (exact) mass is 379 g/mol. The van der Waals surface area contributed by atoms with Crippen molar-refractivity contribution in [1.82, 2.24) is 14.9 Å². The lowest BCUT2D eigenvalue weighted by atomic mass is 10.2. The first-order chi connectivity index (χ1) is 13.1. The third kappa shape index (κ3) is 3.68. The Morgan fingerprint density at radius 3 is 2.74 bits per heavy atom. The molecule has 0 fully saturated rings. The van der Waals surface area contributed by atoms with E-state index < -0.39 is 5.97 Å². The number of hydrogen-bond acceptors (Lipinski definition) is 5. The van der Waals surface area contributed by atoms with Gasteiger partial charge in [0.05, 0.1) is 16.8 Å². The minimum Gasteiger partial charge on any atom is -0.451 e. The van der Waals surface area contributed by atoms with Crippen LogP contribution in [0.4, 0.5) is 0 Å². The lowest BCUT2D eigenvalue weighted by molar-refractivity contribution is -0.133. The highest BCUT2D eigenvalue weighted by Gasteiger charge is 2.16. The molecule has 0 aliphatic rings. The van der Waals surface area contributed by atoms with Gasteiger partial charge >= 0.3 is 5.97 Å². The Morgan fingerprint density at radius 2 is 1.93 bits per heavy atom. The van der Waals surface area contributed by atoms with E-state index in [-0.39, 0.29) is 12.5 Å². The lowest BCUT2D eigenvalue weighted by Crippen LogP contribution is -2.30. The number of rotatable bonds is 5. The Balaban J connectivity index is 1.35. The van der Waals surface area contributed by atoms with Crippen LogP contribution >= 0.6 is 11.3 Å². The van der Waals surface area contributed by atoms with Gasteiger partial charge in [0, 0.05) is 18.0 Å². The molecule has 6 nitrogen and oxygen atoms in total. The van der Waals surface area contributed by atoms with Crippen LogP contribution in [0.2, 0.25) is 0 Å². The molecular weight excluding hydrogens is 362 g/mol. The second-order valence-corrected chi connectivity index (χ2v) is 7.29. The number of ether oxygens (including phenoxy) is 1. The summed E-state index contributed by atoms with van der Waals surface area (Å²) in [6.07, 6.45) is 0. The topological polar surface area (TPSA) is 75.3 Å². The zero-order valence-electron chi connectivity index (χ0n) is 14.6. The molecule has 0 saturated heterocycles. The van der Waals surface area contributed by atoms with Crippen LogP contribution in [0.5, 0.6) is 0 Å². The summed E-state index contributed by atoms with van der Waals surface area (Å²) >= 11 is 1.55. The normalized spacial score (nSPS) is 11.0. The van der Waals surface area contributed by atoms with E-state index in [0.29, 0.717) is 12.2 Å². The molecule has 1 N–H and O–H groups in total. The molecule has 0 bridgehead atoms. The van der Waals surface area contributed by atoms with E-state index >= 15 is 0 Å². The molecule has 0 radical (unpaired) electrons. The number of aromatic nitrogens is 2. The average Bonchev–Trinajstić information content (AvgIpc) is 3.28. The van der Waals surface area contributed by atoms with Crippen LogP contribution in [0, 0.1) is 0 Å². The van der Waals surface area contributed by atoms with Gasteiger partial charge in [-0.25, -0.2) is 9.78 Å². The molecule has 7 heteroatoms. The molecule has 2 aromatic heterocycles. The predicted octanol–water partition coefficient (Wildman–Crippen LogP) is 3.59. The minimum absolute atomic E-state index is 0.279. The van der Waals surface area contributed by atoms with Crippen LogP contribution in [0.25, 0.3) is 21.1 Å². The zero-order valence-corrected chi connectivity index (χ0v) is 15.5. The molecular formula is C20H17N3O3S. The quantitative estimate of drug-likeness (QED) is 0.538. The fourth-order valence-electron chi connectivity index (χ4n) is 2.78. The Kier molecular flexibility index (Phi) is 4.60. The number of nitrogens with zero attached hydrogens (tertiary/aromatic N) is 2. The summed E-state index contributed by atoms with van der Waals surface area (Å²) < 4.78 is 6.24. The maximum atomic E-state index is 12.3. The van der Waals surface area contributed by atoms with Crippen molar-refractivity contribution in [1.29, 1.82) is 0 Å². The Hall–Kier alpha value is -3.19. The highest BCUT2D eigenvalue weighted by molar-refractivity contribution is 7.18. The van der Waals surface area contributed by atoms with Crippen LogP contribution in [0.3, 0.4) is 0 Å². The number of thiazole rings is 1. The van der Waals surface area contributed by atoms with Gasteiger partial charge in [-0.2, -0.15) is 0 Å². The third-order valence-corrected chi connectivity index (χ3v) is 5.23. The molecule has 0 spiro atoms. The van der Waals surface area contributed by atoms with Crippen molar-refractivity contribution >= 4 is 44.3 Å². The molecule has 0 aliphatic heterocycles. The smallest absolute Gasteiger partial charge is 0.355 e. The summed E-state index contributed by atoms with van der Waals surface area (Å²) in [5.74, 6) is -0.827. The molecule has 0 unspecified atom stereocenters. The molecule has 4 rings (SSSR count). The van der Waals surface area contributed by atoms with Crippen molar-refractivity contribution in [3.63, 3.8) is 0 Å². The van der Waals surface area contributed by atoms with E-state index in [2.05, 4.69) is 9.97 Å². The number of para-hydroxylation sites is 2. The van der Waals surface area contributed by atoms with Gasteiger partial charge in [-0.1, -0.05) is 30.3 Å². The fraction of sp³-hybridized carbons (Fsp3) is 0.150. The van der Waals surface area contributed by atoms with Gasteiger partial charge in [-0.15, -0.1) is 11.3 Å². The van der Waals surface area contributed by atoms with Crippen LogP contribution < -0.4 is 0 Å². The molecule has 0 saturated carbocycles. The first kappa shape index (κ1) is 17.2. The van der Waals surface area contributed by atoms with Crippen LogP contribution in [-0.2, 0) is 16.1 Å². The second kappa shape index (κ2) is 7.20. The summed E-state index contributed by atoms with van der Waals surface area (Å²) in [6, 6.07) is 17.1. The minimum atomic E-state index is -0.548. The molecule has 0 atom stereocenters. The van der Waals surface area contributed by atoms with Crippen LogP contribution in [0.15, 0.2) is 54.6 Å². The number of carbonyl (C=O) groups is 2. The maximum Gasteiger partial charge on any atom is 0.355 e. The van der Waals surface area contributed by atoms with E-state index in [4.69, 9.17) is 4.74 Å². The fourth-order valence-corrected chi connectivity index (χ4v) is 3.80. The number of nitrogens with one attached hydrogen (secondary N) is 1. The summed E-state index contributed by atoms with van der Waals surface area (Å²) in [5, 5.41) is 1.76. The standard InChI is InChI=1S/C20H17N3O3S/c1-23(11-18-22-15-8-4-5-9-17(15)27-18)19(24)12-26-20(25)16-10-13-6-2-3-7-14(13)21-16/h2-10,21H,11-12H2,1H3. The number of fused-ring (bicyclic) bond motifs is 2. The number of likely N-dealkylation sites (N-methyl/N-ethyl adjacent to an activating group) is 1. The molecule has 0 aliphatic carbocycles. The molecule has 27 heavy (non-hydrogen) atoms. The summed E-state index contributed by atoms with van der Waals surface area (Å²) in [6.45, 7) is 0.0672. The average molecular weight is 379 g/mol. The van der Waals surface area contributed by atoms with E-state index in [1.54, 1.807) is 24.5 Å². The SMILES string of the molecule is CN(Cc1nc2ccccc2s1)C(=O)COC(=O)c1cc2ccccc2[nH]1. The number of carbonyl (C=O) groups excluding carboxylic acids is 2. The van der Waals surface area contributed by atoms with Gasteiger partial charge in [-0.05, 0) is 24.3 Å². The van der Waals surface area contributed by atoms with Gasteiger partial charge < -0.3 is 14.6 Å². The van der Waals surface area contributed by atoms with Crippen molar-refractivity contribution in [3.8, 4) is 0 Å². The first-order valence-corrected chi connectivity index (χ1v) is 9.25. The van der Waals surface area contributed by atoms with Crippen LogP contribution in [-0.4, -0.2) is 40.4 Å². The molecule has 1 amide bonds. The van der Waals surface area contributed by atoms with Gasteiger partial charge in [0.1, 0.15) is 10.7 Å². The number of hydrogen-bond donors (Lipinski definition) is 1. The van der Waals surface area contributed by atoms with Gasteiger partial charge in [0.2, 0.25) is 0 Å². The zero-order chi connectivity index (χ0) is 18.8. The Bertz CT molecular complexity index is 1070. The number of H-pyrrole nitrogens is 1. The molecule has 2 aromatic carbocycles. The van der Waals surface area contributed by atoms with Gasteiger partial charge in [0.25, 0.3) is 5.91 Å². The van der Waals surface area contributed by atoms with E-state index in [0.717, 1.165) is 26.1 Å². The predicted molar refractivity (Wildman–Crippen MR) is 105 cm³/mol. The molecule has 136 valence electrons. The highest BCUT2D eigenvalue weighted by Crippen LogP contribution is 2.22. The van der Waals surface area contributed by atoms with Gasteiger partial charge in [-0.3, -0.25) is 4.79 Å². The first-order valence-electron chi connectivity index (χ1n) is 8.43. The van der Waals surface area contributed by atoms with Crippen molar-refractivity contribution < 1.29 is 14.3 Å². The van der Waals surface area contributed by atoms with E-state index in [1.165, 1.54) is 4.90 Å². The third-order valence-electron chi connectivity index (χ3n) is 4.21. The Labute approximate surface area is 159 Å². The second-order valence-electron chi connectivity index (χ2n) is 6.17. The van der Waals surface area contributed by atoms with Crippen molar-refractivity contribution in [2.24, 2.45) is 0 Å². The van der Waals surface area contributed by atoms with Crippen molar-refractivity contribution in [2.45, 2.75) is 6.54 Å². The molecule has 2 heterocycles.